The van der Waals surface area contributed by atoms with Crippen molar-refractivity contribution in [2.24, 2.45) is 17.3 Å². The summed E-state index contributed by atoms with van der Waals surface area (Å²) in [4.78, 5) is 40.2. The van der Waals surface area contributed by atoms with Gasteiger partial charge in [-0.3, -0.25) is 14.4 Å². The number of allylic oxidation sites excluding steroid dienone is 10. The second-order valence-corrected chi connectivity index (χ2v) is 15.0. The molecule has 1 aromatic heterocycles. The van der Waals surface area contributed by atoms with Crippen molar-refractivity contribution in [2.75, 3.05) is 13.7 Å². The van der Waals surface area contributed by atoms with Crippen molar-refractivity contribution in [2.45, 2.75) is 110 Å². The van der Waals surface area contributed by atoms with Gasteiger partial charge in [0.25, 0.3) is 5.56 Å². The van der Waals surface area contributed by atoms with Crippen molar-refractivity contribution in [3.05, 3.63) is 112 Å². The van der Waals surface area contributed by atoms with Gasteiger partial charge in [0, 0.05) is 31.2 Å². The van der Waals surface area contributed by atoms with Crippen molar-refractivity contribution >= 4 is 11.7 Å². The molecule has 1 amide bonds. The van der Waals surface area contributed by atoms with E-state index in [9.17, 15) is 45.0 Å². The minimum atomic E-state index is -2.34. The fraction of sp³-hybridized carbons (Fsp3) is 0.512. The monoisotopic (exact) mass is 796 g/mol. The van der Waals surface area contributed by atoms with E-state index < -0.39 is 94.9 Å². The first kappa shape index (κ1) is 47.1. The third kappa shape index (κ3) is 11.0. The van der Waals surface area contributed by atoms with E-state index in [2.05, 4.69) is 10.3 Å². The number of rotatable bonds is 17. The number of carbonyl (C=O) groups is 2. The second-order valence-electron chi connectivity index (χ2n) is 15.0. The number of aliphatic hydroxyl groups is 5. The number of aliphatic hydroxyl groups excluding tert-OH is 4. The van der Waals surface area contributed by atoms with Crippen LogP contribution in [-0.4, -0.2) is 116 Å². The molecular weight excluding hydrogens is 736 g/mol. The molecule has 0 aliphatic carbocycles. The van der Waals surface area contributed by atoms with Crippen LogP contribution in [-0.2, 0) is 19.0 Å². The zero-order valence-corrected chi connectivity index (χ0v) is 33.9. The van der Waals surface area contributed by atoms with Crippen LogP contribution in [0.5, 0.6) is 5.75 Å². The molecule has 0 bridgehead atoms. The van der Waals surface area contributed by atoms with Crippen molar-refractivity contribution in [3.8, 4) is 5.75 Å². The minimum absolute atomic E-state index is 0.0817. The van der Waals surface area contributed by atoms with Gasteiger partial charge in [0.1, 0.15) is 35.7 Å². The normalized spacial score (nSPS) is 30.2. The lowest BCUT2D eigenvalue weighted by molar-refractivity contribution is -0.359. The number of ketones is 1. The first-order chi connectivity index (χ1) is 26.9. The molecule has 0 spiro atoms. The summed E-state index contributed by atoms with van der Waals surface area (Å²) in [7, 11) is 1.52. The molecular formula is C43H60N2O12. The Balaban J connectivity index is 1.60. The molecule has 0 saturated carbocycles. The summed E-state index contributed by atoms with van der Waals surface area (Å²) in [6.07, 6.45) is 12.8. The molecule has 2 fully saturated rings. The average molecular weight is 797 g/mol. The van der Waals surface area contributed by atoms with Crippen LogP contribution in [0.15, 0.2) is 101 Å². The zero-order valence-electron chi connectivity index (χ0n) is 33.9. The lowest BCUT2D eigenvalue weighted by Crippen LogP contribution is -2.69. The number of methoxy groups -OCH3 is 1. The van der Waals surface area contributed by atoms with E-state index >= 15 is 0 Å². The Kier molecular flexibility index (Phi) is 17.3. The Hall–Kier alpha value is -4.25. The van der Waals surface area contributed by atoms with Gasteiger partial charge in [0.05, 0.1) is 30.3 Å². The van der Waals surface area contributed by atoms with Crippen LogP contribution in [0.4, 0.5) is 0 Å². The van der Waals surface area contributed by atoms with Crippen molar-refractivity contribution < 1.29 is 54.4 Å². The molecule has 3 rings (SSSR count). The van der Waals surface area contributed by atoms with Crippen molar-refractivity contribution in [1.82, 2.24) is 10.3 Å². The number of nitrogens with one attached hydrogen (secondary N) is 2. The molecule has 11 atom stereocenters. The SMILES string of the molecule is CC=CC=C[C@@H]1O[C@](O)([C@H](CC)C(=O)NCC=CC=C(C)[C@@H](OC)[C@@H](C)[C@@H]2O[C@H](C=CC=CC=C(C)C(=O)c3c(O)cc[nH]c3=O)[C@H](O)[C@@H]2O)[C@H](O)[C@H](O)C1(C)C. The predicted octanol–water partition coefficient (Wildman–Crippen LogP) is 3.07. The van der Waals surface area contributed by atoms with Gasteiger partial charge in [0.15, 0.2) is 5.78 Å². The molecule has 2 saturated heterocycles. The summed E-state index contributed by atoms with van der Waals surface area (Å²) in [6.45, 7) is 12.2. The molecule has 314 valence electrons. The standard InChI is InChI=1S/C43H60N2O12/c1-9-11-13-21-31-42(6,7)38(50)39(51)43(54,57-31)28(10-2)40(52)44-23-17-16-19-26(4)36(55-8)27(5)37-35(49)34(48)30(56-37)20-15-12-14-18-25(3)33(47)32-29(46)22-24-45-41(32)53/h9,11-22,24,27-28,30-31,34-39,48-51,54H,10,23H2,1-8H3,(H,44,52)(H2,45,46,53)/t27-,28-,30-,31+,34+,35+,36-,37+,38+,39-,43-/m1/s1. The van der Waals surface area contributed by atoms with E-state index in [1.807, 2.05) is 26.8 Å². The molecule has 2 aliphatic rings. The van der Waals surface area contributed by atoms with Gasteiger partial charge in [0.2, 0.25) is 11.7 Å². The molecule has 1 aromatic rings. The summed E-state index contributed by atoms with van der Waals surface area (Å²) in [5.74, 6) is -5.55. The molecule has 0 aromatic carbocycles. The lowest BCUT2D eigenvalue weighted by atomic mass is 9.71. The number of amides is 1. The van der Waals surface area contributed by atoms with E-state index in [0.29, 0.717) is 0 Å². The van der Waals surface area contributed by atoms with E-state index in [0.717, 1.165) is 5.57 Å². The number of Topliss-reactive ketones (excluding diaryl/α,β-unsaturated/α-hetero) is 1. The molecule has 3 heterocycles. The Morgan fingerprint density at radius 1 is 1.00 bits per heavy atom. The Morgan fingerprint density at radius 2 is 1.68 bits per heavy atom. The molecule has 8 N–H and O–H groups in total. The summed E-state index contributed by atoms with van der Waals surface area (Å²) in [6, 6.07) is 1.22. The molecule has 14 heteroatoms. The maximum Gasteiger partial charge on any atom is 0.262 e. The number of pyridine rings is 1. The molecule has 2 aliphatic heterocycles. The van der Waals surface area contributed by atoms with Crippen molar-refractivity contribution in [1.29, 1.82) is 0 Å². The van der Waals surface area contributed by atoms with E-state index in [-0.39, 0.29) is 24.1 Å². The van der Waals surface area contributed by atoms with Crippen LogP contribution >= 0.6 is 0 Å². The predicted molar refractivity (Wildman–Crippen MR) is 215 cm³/mol. The van der Waals surface area contributed by atoms with Gasteiger partial charge >= 0.3 is 0 Å². The Bertz CT molecular complexity index is 1810. The number of hydrogen-bond acceptors (Lipinski definition) is 12. The second kappa shape index (κ2) is 21.0. The smallest absolute Gasteiger partial charge is 0.262 e. The summed E-state index contributed by atoms with van der Waals surface area (Å²) >= 11 is 0. The van der Waals surface area contributed by atoms with E-state index in [1.54, 1.807) is 81.5 Å². The van der Waals surface area contributed by atoms with Gasteiger partial charge in [-0.15, -0.1) is 0 Å². The number of aromatic hydroxyl groups is 1. The Labute approximate surface area is 334 Å². The van der Waals surface area contributed by atoms with Crippen LogP contribution < -0.4 is 10.9 Å². The number of hydrogen-bond donors (Lipinski definition) is 8. The van der Waals surface area contributed by atoms with Gasteiger partial charge in [-0.2, -0.15) is 0 Å². The van der Waals surface area contributed by atoms with Gasteiger partial charge in [-0.1, -0.05) is 101 Å². The van der Waals surface area contributed by atoms with Crippen LogP contribution in [0.3, 0.4) is 0 Å². The number of aromatic amines is 1. The topological polar surface area (TPSA) is 228 Å². The van der Waals surface area contributed by atoms with Gasteiger partial charge in [-0.25, -0.2) is 0 Å². The number of H-pyrrole nitrogens is 1. The zero-order chi connectivity index (χ0) is 42.7. The van der Waals surface area contributed by atoms with Gasteiger partial charge in [-0.05, 0) is 44.4 Å². The average Bonchev–Trinajstić information content (AvgIpc) is 3.45. The number of ether oxygens (including phenoxy) is 3. The maximum absolute atomic E-state index is 13.3. The summed E-state index contributed by atoms with van der Waals surface area (Å²) < 4.78 is 17.8. The lowest BCUT2D eigenvalue weighted by Gasteiger charge is -2.53. The highest BCUT2D eigenvalue weighted by Gasteiger charge is 2.60. The summed E-state index contributed by atoms with van der Waals surface area (Å²) in [5, 5.41) is 67.8. The largest absolute Gasteiger partial charge is 0.507 e. The van der Waals surface area contributed by atoms with Crippen LogP contribution in [0.2, 0.25) is 0 Å². The first-order valence-corrected chi connectivity index (χ1v) is 19.1. The molecule has 14 nitrogen and oxygen atoms in total. The third-order valence-electron chi connectivity index (χ3n) is 10.7. The van der Waals surface area contributed by atoms with Crippen molar-refractivity contribution in [3.63, 3.8) is 0 Å². The highest BCUT2D eigenvalue weighted by atomic mass is 16.7. The van der Waals surface area contributed by atoms with Crippen LogP contribution in [0.1, 0.15) is 65.2 Å². The van der Waals surface area contributed by atoms with Gasteiger partial charge < -0.3 is 55.2 Å². The first-order valence-electron chi connectivity index (χ1n) is 19.1. The Morgan fingerprint density at radius 3 is 2.32 bits per heavy atom. The van der Waals surface area contributed by atoms with Crippen LogP contribution in [0, 0.1) is 17.3 Å². The third-order valence-corrected chi connectivity index (χ3v) is 10.7. The minimum Gasteiger partial charge on any atom is -0.507 e. The van der Waals surface area contributed by atoms with E-state index in [4.69, 9.17) is 14.2 Å². The number of aromatic nitrogens is 1. The molecule has 57 heavy (non-hydrogen) atoms. The summed E-state index contributed by atoms with van der Waals surface area (Å²) in [5.41, 5.74) is -1.02. The fourth-order valence-electron chi connectivity index (χ4n) is 7.12. The number of carbonyl (C=O) groups excluding carboxylic acids is 2. The molecule has 0 unspecified atom stereocenters. The highest BCUT2D eigenvalue weighted by Crippen LogP contribution is 2.44. The fourth-order valence-corrected chi connectivity index (χ4v) is 7.12. The quantitative estimate of drug-likeness (QED) is 0.0647. The highest BCUT2D eigenvalue weighted by molar-refractivity contribution is 6.09. The van der Waals surface area contributed by atoms with E-state index in [1.165, 1.54) is 32.4 Å². The molecule has 0 radical (unpaired) electrons. The maximum atomic E-state index is 13.3. The van der Waals surface area contributed by atoms with Crippen LogP contribution in [0.25, 0.3) is 0 Å².